The van der Waals surface area contributed by atoms with E-state index < -0.39 is 29.2 Å². The fraction of sp³-hybridized carbons (Fsp3) is 0.353. The third-order valence-electron chi connectivity index (χ3n) is 4.62. The van der Waals surface area contributed by atoms with Crippen molar-refractivity contribution >= 4 is 75.0 Å². The number of nitrogens with one attached hydrogen (secondary N) is 1. The number of nitrogens with zero attached hydrogens (tertiary/aromatic N) is 4. The van der Waals surface area contributed by atoms with Crippen LogP contribution in [0.25, 0.3) is 0 Å². The Morgan fingerprint density at radius 2 is 2.09 bits per heavy atom. The number of carbonyl (C=O) groups is 4. The van der Waals surface area contributed by atoms with Crippen LogP contribution >= 0.6 is 46.2 Å². The average molecular weight is 528 g/mol. The summed E-state index contributed by atoms with van der Waals surface area (Å²) in [5.41, 5.74) is 11.7. The van der Waals surface area contributed by atoms with Gasteiger partial charge in [-0.25, -0.2) is 9.78 Å². The van der Waals surface area contributed by atoms with E-state index in [0.717, 1.165) is 0 Å². The van der Waals surface area contributed by atoms with Crippen LogP contribution in [0.5, 0.6) is 0 Å². The van der Waals surface area contributed by atoms with E-state index in [2.05, 4.69) is 20.5 Å². The highest BCUT2D eigenvalue weighted by Crippen LogP contribution is 2.41. The van der Waals surface area contributed by atoms with Crippen LogP contribution in [0.3, 0.4) is 0 Å². The van der Waals surface area contributed by atoms with Gasteiger partial charge in [-0.1, -0.05) is 23.1 Å². The van der Waals surface area contributed by atoms with E-state index in [1.807, 2.05) is 0 Å². The largest absolute Gasteiger partial charge is 0.477 e. The molecule has 0 bridgehead atoms. The second kappa shape index (κ2) is 9.66. The maximum Gasteiger partial charge on any atom is 0.352 e. The van der Waals surface area contributed by atoms with Crippen LogP contribution in [0.1, 0.15) is 10.7 Å². The van der Waals surface area contributed by atoms with Gasteiger partial charge < -0.3 is 21.9 Å². The molecule has 2 aromatic rings. The summed E-state index contributed by atoms with van der Waals surface area (Å²) >= 11 is 5.08. The van der Waals surface area contributed by atoms with Crippen LogP contribution in [-0.4, -0.2) is 71.8 Å². The number of β-lactam (4-membered cyclic amide) rings is 1. The van der Waals surface area contributed by atoms with E-state index in [4.69, 9.17) is 11.5 Å². The maximum absolute atomic E-state index is 12.7. The maximum atomic E-state index is 12.7. The van der Waals surface area contributed by atoms with Gasteiger partial charge in [-0.3, -0.25) is 19.3 Å². The number of thioether (sulfide) groups is 2. The van der Waals surface area contributed by atoms with Crippen LogP contribution in [0.2, 0.25) is 0 Å². The number of fused-ring (bicyclic) bond motifs is 1. The van der Waals surface area contributed by atoms with Gasteiger partial charge in [0, 0.05) is 16.9 Å². The molecule has 1 fully saturated rings. The molecule has 4 heterocycles. The lowest BCUT2D eigenvalue weighted by atomic mass is 10.0. The second-order valence-corrected chi connectivity index (χ2v) is 11.2. The first-order valence-electron chi connectivity index (χ1n) is 9.35. The molecule has 1 saturated heterocycles. The molecule has 2 atom stereocenters. The van der Waals surface area contributed by atoms with E-state index in [0.29, 0.717) is 37.3 Å². The van der Waals surface area contributed by atoms with Crippen molar-refractivity contribution in [3.05, 3.63) is 27.4 Å². The Bertz CT molecular complexity index is 1160. The van der Waals surface area contributed by atoms with Crippen LogP contribution in [-0.2, 0) is 32.0 Å². The van der Waals surface area contributed by atoms with Gasteiger partial charge >= 0.3 is 5.97 Å². The molecular weight excluding hydrogens is 510 g/mol. The van der Waals surface area contributed by atoms with Crippen LogP contribution in [0.4, 0.5) is 5.13 Å². The minimum absolute atomic E-state index is 0.00985. The number of hydrogen-bond donors (Lipinski definition) is 4. The van der Waals surface area contributed by atoms with E-state index in [9.17, 15) is 24.3 Å². The summed E-state index contributed by atoms with van der Waals surface area (Å²) in [7, 11) is 0. The Kier molecular flexibility index (Phi) is 6.87. The first-order valence-corrected chi connectivity index (χ1v) is 13.1. The number of nitrogens with two attached hydrogens (primary N) is 2. The summed E-state index contributed by atoms with van der Waals surface area (Å²) in [6.45, 7) is 0. The highest BCUT2D eigenvalue weighted by molar-refractivity contribution is 8.01. The summed E-state index contributed by atoms with van der Waals surface area (Å²) in [6.07, 6.45) is -0.0257. The highest BCUT2D eigenvalue weighted by atomic mass is 32.2. The van der Waals surface area contributed by atoms with Gasteiger partial charge in [0.15, 0.2) is 9.47 Å². The number of carboxylic acid groups (broad SMARTS) is 1. The number of anilines is 1. The summed E-state index contributed by atoms with van der Waals surface area (Å²) in [4.78, 5) is 53.2. The molecule has 2 aliphatic heterocycles. The molecule has 174 valence electrons. The van der Waals surface area contributed by atoms with Gasteiger partial charge in [-0.15, -0.1) is 33.3 Å². The Morgan fingerprint density at radius 1 is 1.30 bits per heavy atom. The van der Waals surface area contributed by atoms with E-state index in [-0.39, 0.29) is 24.4 Å². The third-order valence-corrected chi connectivity index (χ3v) is 8.83. The fourth-order valence-electron chi connectivity index (χ4n) is 3.25. The van der Waals surface area contributed by atoms with Gasteiger partial charge in [0.2, 0.25) is 11.8 Å². The second-order valence-electron chi connectivity index (χ2n) is 6.96. The molecule has 0 saturated carbocycles. The minimum atomic E-state index is -1.21. The molecule has 0 aliphatic carbocycles. The van der Waals surface area contributed by atoms with Crippen LogP contribution in [0, 0.1) is 0 Å². The fourth-order valence-corrected chi connectivity index (χ4v) is 7.21. The van der Waals surface area contributed by atoms with E-state index >= 15 is 0 Å². The quantitative estimate of drug-likeness (QED) is 0.246. The predicted octanol–water partition coefficient (Wildman–Crippen LogP) is -0.322. The van der Waals surface area contributed by atoms with Crippen molar-refractivity contribution in [3.63, 3.8) is 0 Å². The number of aromatic nitrogens is 3. The predicted molar refractivity (Wildman–Crippen MR) is 123 cm³/mol. The zero-order chi connectivity index (χ0) is 23.7. The summed E-state index contributed by atoms with van der Waals surface area (Å²) in [6, 6.07) is -0.804. The third kappa shape index (κ3) is 5.13. The molecule has 4 rings (SSSR count). The van der Waals surface area contributed by atoms with Crippen molar-refractivity contribution in [2.45, 2.75) is 28.6 Å². The number of amides is 3. The smallest absolute Gasteiger partial charge is 0.352 e. The Labute approximate surface area is 203 Å². The molecule has 0 radical (unpaired) electrons. The Hall–Kier alpha value is -2.69. The lowest BCUT2D eigenvalue weighted by Crippen LogP contribution is -2.70. The summed E-state index contributed by atoms with van der Waals surface area (Å²) in [5.74, 6) is -1.91. The molecule has 0 spiro atoms. The Balaban J connectivity index is 1.40. The molecule has 6 N–H and O–H groups in total. The van der Waals surface area contributed by atoms with Crippen molar-refractivity contribution in [1.29, 1.82) is 0 Å². The molecule has 16 heteroatoms. The number of aliphatic carboxylic acids is 1. The first kappa shape index (κ1) is 23.5. The van der Waals surface area contributed by atoms with E-state index in [1.165, 1.54) is 51.1 Å². The molecule has 1 unspecified atom stereocenters. The molecule has 0 aromatic carbocycles. The van der Waals surface area contributed by atoms with Crippen molar-refractivity contribution in [1.82, 2.24) is 25.4 Å². The van der Waals surface area contributed by atoms with Crippen LogP contribution < -0.4 is 16.8 Å². The molecule has 3 amide bonds. The van der Waals surface area contributed by atoms with Crippen LogP contribution in [0.15, 0.2) is 21.0 Å². The zero-order valence-corrected chi connectivity index (χ0v) is 20.0. The van der Waals surface area contributed by atoms with Crippen molar-refractivity contribution in [2.75, 3.05) is 17.2 Å². The number of rotatable bonds is 9. The molecule has 2 aliphatic rings. The number of primary amides is 1. The average Bonchev–Trinajstić information content (AvgIpc) is 3.37. The highest BCUT2D eigenvalue weighted by Gasteiger charge is 2.54. The summed E-state index contributed by atoms with van der Waals surface area (Å²) < 4.78 is 0.568. The minimum Gasteiger partial charge on any atom is -0.477 e. The zero-order valence-electron chi connectivity index (χ0n) is 16.7. The van der Waals surface area contributed by atoms with Crippen molar-refractivity contribution in [2.24, 2.45) is 5.73 Å². The number of carbonyl (C=O) groups excluding carboxylic acids is 3. The van der Waals surface area contributed by atoms with Gasteiger partial charge in [-0.2, -0.15) is 0 Å². The van der Waals surface area contributed by atoms with Gasteiger partial charge in [0.05, 0.1) is 18.5 Å². The van der Waals surface area contributed by atoms with Gasteiger partial charge in [-0.05, 0) is 5.57 Å². The number of thiazole rings is 1. The van der Waals surface area contributed by atoms with Crippen molar-refractivity contribution < 1.29 is 24.3 Å². The monoisotopic (exact) mass is 527 g/mol. The van der Waals surface area contributed by atoms with Gasteiger partial charge in [0.25, 0.3) is 5.91 Å². The molecular formula is C17H17N7O5S4. The molecule has 12 nitrogen and oxygen atoms in total. The number of hydrogen-bond acceptors (Lipinski definition) is 12. The lowest BCUT2D eigenvalue weighted by Gasteiger charge is -2.49. The molecule has 2 aromatic heterocycles. The SMILES string of the molecule is NC(=O)Cc1nnc(SCC2=C(C(=O)O)N3C(=O)C(NC(=O)Cc4csc(N)n4)[C@H]3SC2)s1. The summed E-state index contributed by atoms with van der Waals surface area (Å²) in [5, 5.41) is 22.3. The standard InChI is InChI=1S/C17H17N7O5S4/c18-8(25)2-10-22-23-17(33-10)32-4-6-3-30-14-11(13(27)24(14)12(6)15(28)29)21-9(26)1-7-5-31-16(19)20-7/h5,11,14H,1-4H2,(H2,18,25)(H2,19,20)(H,21,26)(H,28,29)/t11?,14-/m1/s1. The number of nitrogen functional groups attached to an aromatic ring is 1. The normalized spacial score (nSPS) is 19.8. The van der Waals surface area contributed by atoms with Gasteiger partial charge in [0.1, 0.15) is 22.1 Å². The molecule has 33 heavy (non-hydrogen) atoms. The first-order chi connectivity index (χ1) is 15.7. The lowest BCUT2D eigenvalue weighted by molar-refractivity contribution is -0.150. The Morgan fingerprint density at radius 3 is 2.76 bits per heavy atom. The topological polar surface area (TPSA) is 194 Å². The van der Waals surface area contributed by atoms with E-state index in [1.54, 1.807) is 5.38 Å². The van der Waals surface area contributed by atoms with Crippen molar-refractivity contribution in [3.8, 4) is 0 Å². The number of carboxylic acids is 1.